The number of halogens is 2. The van der Waals surface area contributed by atoms with Gasteiger partial charge in [-0.2, -0.15) is 0 Å². The Labute approximate surface area is 137 Å². The van der Waals surface area contributed by atoms with Gasteiger partial charge in [0.05, 0.1) is 13.3 Å². The highest BCUT2D eigenvalue weighted by atomic mass is 19.1. The number of carboxylic acids is 1. The van der Waals surface area contributed by atoms with E-state index in [0.717, 1.165) is 0 Å². The number of hydrogen-bond acceptors (Lipinski definition) is 3. The molecule has 0 bridgehead atoms. The first-order chi connectivity index (χ1) is 11.5. The van der Waals surface area contributed by atoms with Crippen molar-refractivity contribution in [2.75, 3.05) is 13.3 Å². The van der Waals surface area contributed by atoms with Crippen LogP contribution in [0.25, 0.3) is 12.2 Å². The summed E-state index contributed by atoms with van der Waals surface area (Å²) in [5.74, 6) is -1.87. The molecule has 0 atom stereocenters. The van der Waals surface area contributed by atoms with Crippen molar-refractivity contribution in [1.82, 2.24) is 0 Å². The summed E-state index contributed by atoms with van der Waals surface area (Å²) in [4.78, 5) is 11.3. The SMILES string of the molecule is O=C(O)c1c(O)cc(OCCCF)cc1C=Cc1ccc(F)cc1. The molecule has 0 aliphatic rings. The molecule has 2 aromatic rings. The van der Waals surface area contributed by atoms with Gasteiger partial charge in [0.15, 0.2) is 0 Å². The normalized spacial score (nSPS) is 10.9. The minimum Gasteiger partial charge on any atom is -0.507 e. The highest BCUT2D eigenvalue weighted by Gasteiger charge is 2.16. The van der Waals surface area contributed by atoms with Crippen LogP contribution in [0.5, 0.6) is 11.5 Å². The van der Waals surface area contributed by atoms with Gasteiger partial charge in [0, 0.05) is 12.5 Å². The molecule has 0 aliphatic heterocycles. The number of benzene rings is 2. The maximum absolute atomic E-state index is 12.9. The Balaban J connectivity index is 2.33. The van der Waals surface area contributed by atoms with E-state index in [0.29, 0.717) is 5.56 Å². The first-order valence-electron chi connectivity index (χ1n) is 7.24. The highest BCUT2D eigenvalue weighted by Crippen LogP contribution is 2.29. The van der Waals surface area contributed by atoms with E-state index in [2.05, 4.69) is 0 Å². The van der Waals surface area contributed by atoms with E-state index in [1.807, 2.05) is 0 Å². The van der Waals surface area contributed by atoms with E-state index < -0.39 is 18.4 Å². The smallest absolute Gasteiger partial charge is 0.340 e. The van der Waals surface area contributed by atoms with E-state index in [9.17, 15) is 23.8 Å². The van der Waals surface area contributed by atoms with Gasteiger partial charge in [0.2, 0.25) is 0 Å². The Hall–Kier alpha value is -2.89. The molecule has 0 saturated carbocycles. The van der Waals surface area contributed by atoms with Crippen molar-refractivity contribution in [2.24, 2.45) is 0 Å². The third kappa shape index (κ3) is 4.55. The molecule has 126 valence electrons. The first-order valence-corrected chi connectivity index (χ1v) is 7.24. The van der Waals surface area contributed by atoms with Gasteiger partial charge in [-0.1, -0.05) is 24.3 Å². The summed E-state index contributed by atoms with van der Waals surface area (Å²) in [5, 5.41) is 19.2. The maximum atomic E-state index is 12.9. The average molecular weight is 334 g/mol. The summed E-state index contributed by atoms with van der Waals surface area (Å²) in [6, 6.07) is 8.26. The third-order valence-electron chi connectivity index (χ3n) is 3.21. The van der Waals surface area contributed by atoms with Crippen LogP contribution in [-0.4, -0.2) is 29.5 Å². The number of ether oxygens (including phenoxy) is 1. The van der Waals surface area contributed by atoms with Gasteiger partial charge >= 0.3 is 5.97 Å². The monoisotopic (exact) mass is 334 g/mol. The lowest BCUT2D eigenvalue weighted by Crippen LogP contribution is -2.03. The van der Waals surface area contributed by atoms with Crippen LogP contribution in [0.15, 0.2) is 36.4 Å². The number of hydrogen-bond donors (Lipinski definition) is 2. The largest absolute Gasteiger partial charge is 0.507 e. The summed E-state index contributed by atoms with van der Waals surface area (Å²) in [5.41, 5.74) is 0.615. The van der Waals surface area contributed by atoms with Gasteiger partial charge < -0.3 is 14.9 Å². The predicted molar refractivity (Wildman–Crippen MR) is 86.5 cm³/mol. The van der Waals surface area contributed by atoms with Crippen LogP contribution in [0.2, 0.25) is 0 Å². The number of aromatic hydroxyl groups is 1. The predicted octanol–water partition coefficient (Wildman–Crippen LogP) is 4.14. The van der Waals surface area contributed by atoms with Gasteiger partial charge in [-0.15, -0.1) is 0 Å². The Morgan fingerprint density at radius 1 is 1.17 bits per heavy atom. The Kier molecular flexibility index (Phi) is 5.89. The zero-order valence-corrected chi connectivity index (χ0v) is 12.7. The molecule has 6 heteroatoms. The molecule has 2 aromatic carbocycles. The molecular weight excluding hydrogens is 318 g/mol. The molecule has 2 N–H and O–H groups in total. The fourth-order valence-electron chi connectivity index (χ4n) is 2.07. The average Bonchev–Trinajstić information content (AvgIpc) is 2.54. The van der Waals surface area contributed by atoms with Crippen molar-refractivity contribution in [3.8, 4) is 11.5 Å². The molecule has 0 saturated heterocycles. The zero-order chi connectivity index (χ0) is 17.5. The summed E-state index contributed by atoms with van der Waals surface area (Å²) in [6.07, 6.45) is 3.27. The molecule has 0 spiro atoms. The maximum Gasteiger partial charge on any atom is 0.340 e. The minimum atomic E-state index is -1.29. The number of carboxylic acid groups (broad SMARTS) is 1. The molecule has 0 radical (unpaired) electrons. The lowest BCUT2D eigenvalue weighted by atomic mass is 10.0. The number of carbonyl (C=O) groups is 1. The minimum absolute atomic E-state index is 0.115. The zero-order valence-electron chi connectivity index (χ0n) is 12.7. The van der Waals surface area contributed by atoms with Crippen LogP contribution in [-0.2, 0) is 0 Å². The molecular formula is C18H16F2O4. The highest BCUT2D eigenvalue weighted by molar-refractivity contribution is 5.96. The molecule has 4 nitrogen and oxygen atoms in total. The van der Waals surface area contributed by atoms with E-state index in [1.165, 1.54) is 42.5 Å². The Bertz CT molecular complexity index is 739. The fraction of sp³-hybridized carbons (Fsp3) is 0.167. The third-order valence-corrected chi connectivity index (χ3v) is 3.21. The van der Waals surface area contributed by atoms with Crippen LogP contribution in [0, 0.1) is 5.82 Å². The van der Waals surface area contributed by atoms with E-state index in [-0.39, 0.29) is 35.7 Å². The Morgan fingerprint density at radius 3 is 2.50 bits per heavy atom. The molecule has 0 amide bonds. The summed E-state index contributed by atoms with van der Waals surface area (Å²) in [6.45, 7) is -0.417. The van der Waals surface area contributed by atoms with Crippen molar-refractivity contribution in [2.45, 2.75) is 6.42 Å². The fourth-order valence-corrected chi connectivity index (χ4v) is 2.07. The van der Waals surface area contributed by atoms with Crippen molar-refractivity contribution in [1.29, 1.82) is 0 Å². The van der Waals surface area contributed by atoms with E-state index >= 15 is 0 Å². The molecule has 0 unspecified atom stereocenters. The molecule has 24 heavy (non-hydrogen) atoms. The number of aromatic carboxylic acids is 1. The second-order valence-electron chi connectivity index (χ2n) is 4.99. The van der Waals surface area contributed by atoms with Crippen LogP contribution < -0.4 is 4.74 Å². The van der Waals surface area contributed by atoms with Crippen LogP contribution >= 0.6 is 0 Å². The summed E-state index contributed by atoms with van der Waals surface area (Å²) >= 11 is 0. The van der Waals surface area contributed by atoms with Gasteiger partial charge in [-0.05, 0) is 29.3 Å². The van der Waals surface area contributed by atoms with Gasteiger partial charge in [-0.3, -0.25) is 4.39 Å². The van der Waals surface area contributed by atoms with E-state index in [1.54, 1.807) is 6.08 Å². The number of alkyl halides is 1. The first kappa shape index (κ1) is 17.5. The van der Waals surface area contributed by atoms with E-state index in [4.69, 9.17) is 4.74 Å². The van der Waals surface area contributed by atoms with Gasteiger partial charge in [-0.25, -0.2) is 9.18 Å². The van der Waals surface area contributed by atoms with Crippen LogP contribution in [0.1, 0.15) is 27.9 Å². The van der Waals surface area contributed by atoms with Gasteiger partial charge in [0.1, 0.15) is 22.9 Å². The van der Waals surface area contributed by atoms with Crippen molar-refractivity contribution in [3.05, 3.63) is 58.9 Å². The number of rotatable bonds is 7. The molecule has 0 aromatic heterocycles. The topological polar surface area (TPSA) is 66.8 Å². The van der Waals surface area contributed by atoms with Crippen LogP contribution in [0.3, 0.4) is 0 Å². The van der Waals surface area contributed by atoms with Crippen LogP contribution in [0.4, 0.5) is 8.78 Å². The van der Waals surface area contributed by atoms with Crippen molar-refractivity contribution < 1.29 is 28.5 Å². The number of phenols is 1. The lowest BCUT2D eigenvalue weighted by molar-refractivity contribution is 0.0693. The lowest BCUT2D eigenvalue weighted by Gasteiger charge is -2.10. The second kappa shape index (κ2) is 8.10. The van der Waals surface area contributed by atoms with Crippen molar-refractivity contribution in [3.63, 3.8) is 0 Å². The van der Waals surface area contributed by atoms with Crippen molar-refractivity contribution >= 4 is 18.1 Å². The molecule has 2 rings (SSSR count). The Morgan fingerprint density at radius 2 is 1.88 bits per heavy atom. The molecule has 0 heterocycles. The second-order valence-corrected chi connectivity index (χ2v) is 4.99. The summed E-state index contributed by atoms with van der Waals surface area (Å²) < 4.78 is 30.3. The van der Waals surface area contributed by atoms with Gasteiger partial charge in [0.25, 0.3) is 0 Å². The molecule has 0 fully saturated rings. The standard InChI is InChI=1S/C18H16F2O4/c19-8-1-9-24-15-10-13(17(18(22)23)16(21)11-15)5-2-12-3-6-14(20)7-4-12/h2-7,10-11,21H,1,8-9H2,(H,22,23). The quantitative estimate of drug-likeness (QED) is 0.590. The molecule has 0 aliphatic carbocycles. The summed E-state index contributed by atoms with van der Waals surface area (Å²) in [7, 11) is 0.